The van der Waals surface area contributed by atoms with Gasteiger partial charge in [-0.1, -0.05) is 70.5 Å². The van der Waals surface area contributed by atoms with Gasteiger partial charge in [-0.25, -0.2) is 9.59 Å². The molecule has 12 heteroatoms. The van der Waals surface area contributed by atoms with Gasteiger partial charge in [-0.2, -0.15) is 5.10 Å². The Labute approximate surface area is 338 Å². The number of ether oxygens (including phenoxy) is 4. The van der Waals surface area contributed by atoms with E-state index in [4.69, 9.17) is 24.0 Å². The predicted octanol–water partition coefficient (Wildman–Crippen LogP) is 8.64. The quantitative estimate of drug-likeness (QED) is 0.0554. The van der Waals surface area contributed by atoms with Gasteiger partial charge < -0.3 is 28.4 Å². The normalized spacial score (nSPS) is 13.7. The van der Waals surface area contributed by atoms with Gasteiger partial charge in [0.05, 0.1) is 44.2 Å². The molecule has 0 bridgehead atoms. The lowest BCUT2D eigenvalue weighted by molar-refractivity contribution is 0.0294. The van der Waals surface area contributed by atoms with E-state index in [2.05, 4.69) is 73.4 Å². The Balaban J connectivity index is 1.38. The van der Waals surface area contributed by atoms with Gasteiger partial charge in [0, 0.05) is 72.7 Å². The van der Waals surface area contributed by atoms with E-state index in [-0.39, 0.29) is 18.7 Å². The third-order valence-electron chi connectivity index (χ3n) is 10.2. The zero-order valence-electron chi connectivity index (χ0n) is 33.7. The molecule has 0 radical (unpaired) electrons. The van der Waals surface area contributed by atoms with Crippen LogP contribution in [-0.2, 0) is 39.1 Å². The highest BCUT2D eigenvalue weighted by atomic mass is 79.9. The Kier molecular flexibility index (Phi) is 13.8. The molecule has 0 N–H and O–H groups in total. The number of carbonyl (C=O) groups excluding carboxylic acids is 2. The van der Waals surface area contributed by atoms with Crippen molar-refractivity contribution >= 4 is 49.7 Å². The number of nitrogens with zero attached hydrogens (tertiary/aromatic N) is 5. The molecule has 1 saturated heterocycles. The van der Waals surface area contributed by atoms with Crippen molar-refractivity contribution in [3.63, 3.8) is 0 Å². The van der Waals surface area contributed by atoms with Crippen molar-refractivity contribution < 1.29 is 28.5 Å². The van der Waals surface area contributed by atoms with Crippen molar-refractivity contribution in [2.45, 2.75) is 77.9 Å². The summed E-state index contributed by atoms with van der Waals surface area (Å²) in [6, 6.07) is 20.6. The van der Waals surface area contributed by atoms with Crippen LogP contribution in [-0.4, -0.2) is 101 Å². The van der Waals surface area contributed by atoms with Gasteiger partial charge in [0.1, 0.15) is 17.0 Å². The first-order valence-electron chi connectivity index (χ1n) is 19.8. The number of aryl methyl sites for hydroxylation is 2. The van der Waals surface area contributed by atoms with Crippen molar-refractivity contribution in [1.82, 2.24) is 24.1 Å². The minimum Gasteiger partial charge on any atom is -0.493 e. The number of rotatable bonds is 16. The number of alkyl halides is 1. The molecular weight excluding hydrogens is 774 g/mol. The summed E-state index contributed by atoms with van der Waals surface area (Å²) in [4.78, 5) is 31.0. The van der Waals surface area contributed by atoms with E-state index in [1.54, 1.807) is 11.9 Å². The van der Waals surface area contributed by atoms with Crippen LogP contribution in [0.2, 0.25) is 0 Å². The largest absolute Gasteiger partial charge is 0.493 e. The van der Waals surface area contributed by atoms with E-state index in [1.165, 1.54) is 0 Å². The van der Waals surface area contributed by atoms with Crippen molar-refractivity contribution in [2.24, 2.45) is 0 Å². The summed E-state index contributed by atoms with van der Waals surface area (Å²) in [5.74, 6) is 0.481. The fourth-order valence-corrected chi connectivity index (χ4v) is 7.96. The maximum atomic E-state index is 14.1. The Morgan fingerprint density at radius 1 is 0.946 bits per heavy atom. The molecule has 0 unspecified atom stereocenters. The molecule has 6 rings (SSSR count). The summed E-state index contributed by atoms with van der Waals surface area (Å²) in [6.07, 6.45) is 1.50. The van der Waals surface area contributed by atoms with E-state index in [0.29, 0.717) is 50.0 Å². The average molecular weight is 831 g/mol. The zero-order valence-corrected chi connectivity index (χ0v) is 35.3. The van der Waals surface area contributed by atoms with Gasteiger partial charge in [0.25, 0.3) is 0 Å². The molecule has 0 atom stereocenters. The van der Waals surface area contributed by atoms with E-state index in [1.807, 2.05) is 52.0 Å². The van der Waals surface area contributed by atoms with Crippen molar-refractivity contribution in [3.05, 3.63) is 83.3 Å². The Morgan fingerprint density at radius 2 is 1.68 bits per heavy atom. The summed E-state index contributed by atoms with van der Waals surface area (Å²) in [5, 5.41) is 8.88. The number of para-hydroxylation sites is 1. The SMILES string of the molecule is CCOC(=O)c1c(CCCOc2cccc3ccccc23)c2cccc(-c3c(CBr)nn(CCN4CCOCC4)c3C)c2n1CCCN(C)C(=O)OC(C)(C)C. The molecule has 11 nitrogen and oxygen atoms in total. The predicted molar refractivity (Wildman–Crippen MR) is 225 cm³/mol. The fraction of sp³-hybridized carbons (Fsp3) is 0.477. The molecule has 1 fully saturated rings. The molecule has 1 amide bonds. The summed E-state index contributed by atoms with van der Waals surface area (Å²) in [5.41, 5.74) is 5.91. The van der Waals surface area contributed by atoms with Crippen LogP contribution in [0.5, 0.6) is 5.75 Å². The first kappa shape index (κ1) is 41.2. The van der Waals surface area contributed by atoms with Crippen LogP contribution >= 0.6 is 15.9 Å². The minimum absolute atomic E-state index is 0.251. The molecule has 1 aliphatic heterocycles. The monoisotopic (exact) mass is 829 g/mol. The fourth-order valence-electron chi connectivity index (χ4n) is 7.57. The van der Waals surface area contributed by atoms with Crippen molar-refractivity contribution in [1.29, 1.82) is 0 Å². The number of carbonyl (C=O) groups is 2. The molecule has 0 saturated carbocycles. The number of fused-ring (bicyclic) bond motifs is 2. The minimum atomic E-state index is -0.599. The Hall–Kier alpha value is -4.39. The number of halogens is 1. The number of aromatic nitrogens is 3. The lowest BCUT2D eigenvalue weighted by Gasteiger charge is -2.26. The highest BCUT2D eigenvalue weighted by molar-refractivity contribution is 9.08. The smallest absolute Gasteiger partial charge is 0.410 e. The maximum Gasteiger partial charge on any atom is 0.410 e. The Bertz CT molecular complexity index is 2120. The van der Waals surface area contributed by atoms with E-state index >= 15 is 0 Å². The lowest BCUT2D eigenvalue weighted by atomic mass is 9.98. The van der Waals surface area contributed by atoms with Gasteiger partial charge in [-0.15, -0.1) is 0 Å². The Morgan fingerprint density at radius 3 is 2.43 bits per heavy atom. The molecule has 2 aromatic heterocycles. The highest BCUT2D eigenvalue weighted by Crippen LogP contribution is 2.39. The van der Waals surface area contributed by atoms with E-state index in [0.717, 1.165) is 94.9 Å². The molecule has 3 heterocycles. The van der Waals surface area contributed by atoms with Crippen LogP contribution in [0.25, 0.3) is 32.8 Å². The third-order valence-corrected chi connectivity index (χ3v) is 10.8. The highest BCUT2D eigenvalue weighted by Gasteiger charge is 2.28. The average Bonchev–Trinajstić information content (AvgIpc) is 3.68. The van der Waals surface area contributed by atoms with E-state index < -0.39 is 5.60 Å². The van der Waals surface area contributed by atoms with Gasteiger partial charge in [-0.3, -0.25) is 9.58 Å². The molecule has 56 heavy (non-hydrogen) atoms. The van der Waals surface area contributed by atoms with Crippen LogP contribution in [0.3, 0.4) is 0 Å². The molecule has 300 valence electrons. The second-order valence-corrected chi connectivity index (χ2v) is 15.9. The van der Waals surface area contributed by atoms with Gasteiger partial charge >= 0.3 is 12.1 Å². The molecule has 0 aliphatic carbocycles. The number of benzene rings is 3. The number of hydrogen-bond donors (Lipinski definition) is 0. The molecule has 1 aliphatic rings. The summed E-state index contributed by atoms with van der Waals surface area (Å²) in [7, 11) is 1.75. The first-order chi connectivity index (χ1) is 27.0. The summed E-state index contributed by atoms with van der Waals surface area (Å²) < 4.78 is 27.6. The molecule has 0 spiro atoms. The number of morpholine rings is 1. The van der Waals surface area contributed by atoms with Crippen LogP contribution in [0.1, 0.15) is 68.0 Å². The molecule has 5 aromatic rings. The second-order valence-electron chi connectivity index (χ2n) is 15.3. The summed E-state index contributed by atoms with van der Waals surface area (Å²) in [6.45, 7) is 16.2. The van der Waals surface area contributed by atoms with Gasteiger partial charge in [0.15, 0.2) is 0 Å². The molecule has 3 aromatic carbocycles. The van der Waals surface area contributed by atoms with Crippen molar-refractivity contribution in [3.8, 4) is 16.9 Å². The van der Waals surface area contributed by atoms with Crippen LogP contribution in [0.4, 0.5) is 4.79 Å². The van der Waals surface area contributed by atoms with E-state index in [9.17, 15) is 9.59 Å². The number of hydrogen-bond acceptors (Lipinski definition) is 8. The maximum absolute atomic E-state index is 14.1. The van der Waals surface area contributed by atoms with Crippen LogP contribution in [0, 0.1) is 6.92 Å². The topological polar surface area (TPSA) is 100 Å². The number of esters is 1. The van der Waals surface area contributed by atoms with Gasteiger partial charge in [-0.05, 0) is 70.9 Å². The molecular formula is C44H56BrN5O6. The second kappa shape index (κ2) is 18.7. The first-order valence-corrected chi connectivity index (χ1v) is 20.9. The van der Waals surface area contributed by atoms with Crippen LogP contribution in [0.15, 0.2) is 60.7 Å². The standard InChI is InChI=1S/C44H56BrN5O6/c1-7-54-42(51)41-35(19-12-27-55-38-20-10-15-32-14-8-9-16-33(32)38)34-17-11-18-36(40(34)49(41)22-13-21-47(6)43(52)56-44(3,4)5)39-31(2)50(46-37(39)30-45)24-23-48-25-28-53-29-26-48/h8-11,14-18,20H,7,12-13,19,21-30H2,1-6H3. The van der Waals surface area contributed by atoms with Gasteiger partial charge in [0.2, 0.25) is 0 Å². The number of amides is 1. The van der Waals surface area contributed by atoms with Crippen LogP contribution < -0.4 is 4.74 Å². The van der Waals surface area contributed by atoms with Crippen molar-refractivity contribution in [2.75, 3.05) is 59.7 Å². The lowest BCUT2D eigenvalue weighted by Crippen LogP contribution is -2.38. The zero-order chi connectivity index (χ0) is 39.8. The third kappa shape index (κ3) is 9.58. The summed E-state index contributed by atoms with van der Waals surface area (Å²) >= 11 is 3.75.